The van der Waals surface area contributed by atoms with Gasteiger partial charge in [0.2, 0.25) is 5.91 Å². The first-order valence-electron chi connectivity index (χ1n) is 9.64. The van der Waals surface area contributed by atoms with Crippen molar-refractivity contribution >= 4 is 5.91 Å². The zero-order chi connectivity index (χ0) is 17.3. The second kappa shape index (κ2) is 6.93. The van der Waals surface area contributed by atoms with Crippen molar-refractivity contribution in [3.8, 4) is 0 Å². The number of hydrogen-bond donors (Lipinski definition) is 1. The number of rotatable bonds is 3. The van der Waals surface area contributed by atoms with E-state index in [-0.39, 0.29) is 17.9 Å². The molecule has 1 N–H and O–H groups in total. The number of piperidine rings is 1. The van der Waals surface area contributed by atoms with Gasteiger partial charge >= 0.3 is 0 Å². The lowest BCUT2D eigenvalue weighted by Crippen LogP contribution is -2.61. The fourth-order valence-electron chi connectivity index (χ4n) is 4.73. The van der Waals surface area contributed by atoms with Crippen molar-refractivity contribution in [1.82, 2.24) is 9.80 Å². The zero-order valence-electron chi connectivity index (χ0n) is 14.8. The summed E-state index contributed by atoms with van der Waals surface area (Å²) in [7, 11) is 0. The van der Waals surface area contributed by atoms with Crippen molar-refractivity contribution in [3.05, 3.63) is 48.0 Å². The van der Waals surface area contributed by atoms with Crippen molar-refractivity contribution < 1.29 is 9.90 Å². The lowest BCUT2D eigenvalue weighted by molar-refractivity contribution is -0.146. The van der Waals surface area contributed by atoms with Gasteiger partial charge in [-0.1, -0.05) is 42.5 Å². The van der Waals surface area contributed by atoms with Crippen LogP contribution in [0.3, 0.4) is 0 Å². The Bertz CT molecular complexity index is 631. The molecule has 4 rings (SSSR count). The van der Waals surface area contributed by atoms with Gasteiger partial charge in [-0.15, -0.1) is 0 Å². The summed E-state index contributed by atoms with van der Waals surface area (Å²) in [5, 5.41) is 11.6. The van der Waals surface area contributed by atoms with Gasteiger partial charge in [0.1, 0.15) is 5.60 Å². The minimum Gasteiger partial charge on any atom is -0.383 e. The van der Waals surface area contributed by atoms with Gasteiger partial charge in [0, 0.05) is 19.0 Å². The molecule has 2 aliphatic heterocycles. The fraction of sp³-hybridized carbons (Fsp3) is 0.571. The number of likely N-dealkylation sites (tertiary alicyclic amines) is 2. The minimum absolute atomic E-state index is 0.00976. The molecule has 1 aromatic carbocycles. The normalized spacial score (nSPS) is 30.9. The van der Waals surface area contributed by atoms with Crippen LogP contribution < -0.4 is 0 Å². The van der Waals surface area contributed by atoms with E-state index < -0.39 is 5.60 Å². The molecular formula is C21H28N2O2. The first-order chi connectivity index (χ1) is 12.2. The molecule has 3 aliphatic rings. The molecule has 0 radical (unpaired) electrons. The summed E-state index contributed by atoms with van der Waals surface area (Å²) >= 11 is 0. The first-order valence-corrected chi connectivity index (χ1v) is 9.64. The third-order valence-corrected chi connectivity index (χ3v) is 6.23. The van der Waals surface area contributed by atoms with Crippen LogP contribution in [0.5, 0.6) is 0 Å². The Kier molecular flexibility index (Phi) is 4.65. The Morgan fingerprint density at radius 1 is 1.04 bits per heavy atom. The minimum atomic E-state index is -0.865. The van der Waals surface area contributed by atoms with E-state index in [0.29, 0.717) is 19.5 Å². The largest absolute Gasteiger partial charge is 0.383 e. The van der Waals surface area contributed by atoms with E-state index in [1.54, 1.807) is 0 Å². The van der Waals surface area contributed by atoms with Gasteiger partial charge in [0.05, 0.1) is 6.04 Å². The van der Waals surface area contributed by atoms with Gasteiger partial charge in [0.25, 0.3) is 0 Å². The predicted molar refractivity (Wildman–Crippen MR) is 98.0 cm³/mol. The number of carbonyl (C=O) groups is 1. The Balaban J connectivity index is 1.58. The Morgan fingerprint density at radius 3 is 2.40 bits per heavy atom. The molecule has 0 spiro atoms. The standard InChI is InChI=1S/C21H28N2O2/c24-20(17-8-4-5-9-17)23-15-12-21(25,18-10-2-1-3-11-18)19(16-23)22-13-6-7-14-22/h1-5,10-11,17,19,25H,6-9,12-16H2/t19-,21+/m1/s1. The number of nitrogens with zero attached hydrogens (tertiary/aromatic N) is 2. The molecule has 0 saturated carbocycles. The molecule has 1 aliphatic carbocycles. The van der Waals surface area contributed by atoms with Crippen LogP contribution in [0.15, 0.2) is 42.5 Å². The molecule has 0 aromatic heterocycles. The third kappa shape index (κ3) is 3.13. The van der Waals surface area contributed by atoms with Crippen LogP contribution in [0.4, 0.5) is 0 Å². The molecule has 2 saturated heterocycles. The summed E-state index contributed by atoms with van der Waals surface area (Å²) in [6.45, 7) is 3.32. The molecular weight excluding hydrogens is 312 g/mol. The molecule has 2 heterocycles. The Labute approximate surface area is 150 Å². The smallest absolute Gasteiger partial charge is 0.226 e. The van der Waals surface area contributed by atoms with Crippen LogP contribution in [0.25, 0.3) is 0 Å². The summed E-state index contributed by atoms with van der Waals surface area (Å²) in [5.74, 6) is 0.381. The summed E-state index contributed by atoms with van der Waals surface area (Å²) in [5.41, 5.74) is 0.123. The van der Waals surface area contributed by atoms with E-state index in [1.807, 2.05) is 35.2 Å². The van der Waals surface area contributed by atoms with Crippen LogP contribution in [0.2, 0.25) is 0 Å². The number of aliphatic hydroxyl groups is 1. The predicted octanol–water partition coefficient (Wildman–Crippen LogP) is 2.54. The second-order valence-corrected chi connectivity index (χ2v) is 7.72. The van der Waals surface area contributed by atoms with Crippen molar-refractivity contribution in [2.45, 2.75) is 43.7 Å². The van der Waals surface area contributed by atoms with Crippen LogP contribution in [0, 0.1) is 5.92 Å². The summed E-state index contributed by atoms with van der Waals surface area (Å²) in [6.07, 6.45) is 8.95. The van der Waals surface area contributed by atoms with E-state index in [1.165, 1.54) is 12.8 Å². The van der Waals surface area contributed by atoms with E-state index in [0.717, 1.165) is 31.5 Å². The van der Waals surface area contributed by atoms with Gasteiger partial charge < -0.3 is 10.0 Å². The Morgan fingerprint density at radius 2 is 1.72 bits per heavy atom. The van der Waals surface area contributed by atoms with Gasteiger partial charge in [0.15, 0.2) is 0 Å². The molecule has 4 heteroatoms. The van der Waals surface area contributed by atoms with Gasteiger partial charge in [-0.3, -0.25) is 9.69 Å². The molecule has 2 fully saturated rings. The summed E-state index contributed by atoms with van der Waals surface area (Å²) in [6, 6.07) is 10.0. The maximum absolute atomic E-state index is 12.9. The second-order valence-electron chi connectivity index (χ2n) is 7.72. The lowest BCUT2D eigenvalue weighted by Gasteiger charge is -2.49. The van der Waals surface area contributed by atoms with E-state index in [2.05, 4.69) is 17.1 Å². The van der Waals surface area contributed by atoms with Crippen molar-refractivity contribution in [2.75, 3.05) is 26.2 Å². The molecule has 0 bridgehead atoms. The molecule has 4 nitrogen and oxygen atoms in total. The summed E-state index contributed by atoms with van der Waals surface area (Å²) in [4.78, 5) is 17.3. The highest BCUT2D eigenvalue weighted by molar-refractivity contribution is 5.80. The number of hydrogen-bond acceptors (Lipinski definition) is 3. The SMILES string of the molecule is O=C(C1CC=CC1)N1CC[C@](O)(c2ccccc2)[C@H](N2CCCC2)C1. The van der Waals surface area contributed by atoms with Gasteiger partial charge in [-0.2, -0.15) is 0 Å². The van der Waals surface area contributed by atoms with Crippen LogP contribution in [-0.4, -0.2) is 53.0 Å². The highest BCUT2D eigenvalue weighted by atomic mass is 16.3. The topological polar surface area (TPSA) is 43.8 Å². The molecule has 0 unspecified atom stereocenters. The van der Waals surface area contributed by atoms with Crippen LogP contribution >= 0.6 is 0 Å². The van der Waals surface area contributed by atoms with Crippen molar-refractivity contribution in [2.24, 2.45) is 5.92 Å². The van der Waals surface area contributed by atoms with Crippen LogP contribution in [-0.2, 0) is 10.4 Å². The highest BCUT2D eigenvalue weighted by Crippen LogP contribution is 2.38. The van der Waals surface area contributed by atoms with Crippen molar-refractivity contribution in [1.29, 1.82) is 0 Å². The maximum Gasteiger partial charge on any atom is 0.226 e. The maximum atomic E-state index is 12.9. The summed E-state index contributed by atoms with van der Waals surface area (Å²) < 4.78 is 0. The molecule has 1 aromatic rings. The number of allylic oxidation sites excluding steroid dienone is 2. The zero-order valence-corrected chi connectivity index (χ0v) is 14.8. The quantitative estimate of drug-likeness (QED) is 0.860. The molecule has 134 valence electrons. The molecule has 25 heavy (non-hydrogen) atoms. The highest BCUT2D eigenvalue weighted by Gasteiger charge is 2.47. The fourth-order valence-corrected chi connectivity index (χ4v) is 4.73. The average Bonchev–Trinajstić information content (AvgIpc) is 3.36. The number of benzene rings is 1. The van der Waals surface area contributed by atoms with Gasteiger partial charge in [-0.25, -0.2) is 0 Å². The lowest BCUT2D eigenvalue weighted by atomic mass is 9.79. The van der Waals surface area contributed by atoms with E-state index in [4.69, 9.17) is 0 Å². The van der Waals surface area contributed by atoms with Crippen molar-refractivity contribution in [3.63, 3.8) is 0 Å². The monoisotopic (exact) mass is 340 g/mol. The average molecular weight is 340 g/mol. The Hall–Kier alpha value is -1.65. The third-order valence-electron chi connectivity index (χ3n) is 6.23. The number of amides is 1. The van der Waals surface area contributed by atoms with E-state index >= 15 is 0 Å². The molecule has 2 atom stereocenters. The number of carbonyl (C=O) groups excluding carboxylic acids is 1. The molecule has 1 amide bonds. The first kappa shape index (κ1) is 16.8. The van der Waals surface area contributed by atoms with Gasteiger partial charge in [-0.05, 0) is 50.8 Å². The van der Waals surface area contributed by atoms with E-state index in [9.17, 15) is 9.90 Å². The van der Waals surface area contributed by atoms with Crippen LogP contribution in [0.1, 0.15) is 37.7 Å².